The Morgan fingerprint density at radius 1 is 1.05 bits per heavy atom. The van der Waals surface area contributed by atoms with Crippen molar-refractivity contribution in [2.45, 2.75) is 90.1 Å². The maximum absolute atomic E-state index is 11.3. The predicted molar refractivity (Wildman–Crippen MR) is 85.1 cm³/mol. The zero-order valence-electron chi connectivity index (χ0n) is 13.6. The lowest BCUT2D eigenvalue weighted by molar-refractivity contribution is -0.137. The van der Waals surface area contributed by atoms with E-state index in [0.29, 0.717) is 12.8 Å². The Hall–Kier alpha value is -1.10. The highest BCUT2D eigenvalue weighted by atomic mass is 16.4. The normalized spacial score (nSPS) is 13.8. The van der Waals surface area contributed by atoms with E-state index in [0.717, 1.165) is 12.8 Å². The number of hydrogen-bond acceptors (Lipinski definition) is 3. The van der Waals surface area contributed by atoms with Crippen molar-refractivity contribution < 1.29 is 14.7 Å². The molecule has 2 atom stereocenters. The van der Waals surface area contributed by atoms with Gasteiger partial charge in [0.15, 0.2) is 0 Å². The van der Waals surface area contributed by atoms with E-state index >= 15 is 0 Å². The highest BCUT2D eigenvalue weighted by Crippen LogP contribution is 2.12. The Morgan fingerprint density at radius 3 is 2.19 bits per heavy atom. The number of nitrogens with one attached hydrogen (secondary N) is 1. The third-order valence-electron chi connectivity index (χ3n) is 3.80. The smallest absolute Gasteiger partial charge is 0.303 e. The molecule has 5 nitrogen and oxygen atoms in total. The molecule has 0 saturated carbocycles. The number of unbranched alkanes of at least 4 members (excludes halogenated alkanes) is 5. The van der Waals surface area contributed by atoms with Gasteiger partial charge in [-0.1, -0.05) is 52.4 Å². The van der Waals surface area contributed by atoms with Crippen molar-refractivity contribution in [1.82, 2.24) is 5.32 Å². The largest absolute Gasteiger partial charge is 0.481 e. The molecule has 0 aliphatic rings. The summed E-state index contributed by atoms with van der Waals surface area (Å²) in [6, 6.07) is -0.298. The second-order valence-corrected chi connectivity index (χ2v) is 5.72. The molecular formula is C16H32N2O3. The number of carbonyl (C=O) groups excluding carboxylic acids is 1. The van der Waals surface area contributed by atoms with Crippen LogP contribution in [0.4, 0.5) is 0 Å². The summed E-state index contributed by atoms with van der Waals surface area (Å²) >= 11 is 0. The molecule has 1 amide bonds. The minimum atomic E-state index is -0.795. The van der Waals surface area contributed by atoms with Crippen molar-refractivity contribution in [2.24, 2.45) is 5.73 Å². The summed E-state index contributed by atoms with van der Waals surface area (Å²) in [6.45, 7) is 4.10. The summed E-state index contributed by atoms with van der Waals surface area (Å²) < 4.78 is 0. The van der Waals surface area contributed by atoms with Gasteiger partial charge >= 0.3 is 5.97 Å². The molecule has 0 radical (unpaired) electrons. The number of amides is 1. The Bertz CT molecular complexity index is 295. The summed E-state index contributed by atoms with van der Waals surface area (Å²) in [5, 5.41) is 12.0. The molecule has 124 valence electrons. The summed E-state index contributed by atoms with van der Waals surface area (Å²) in [5.41, 5.74) is 5.34. The number of primary amides is 1. The third kappa shape index (κ3) is 11.3. The molecule has 0 aliphatic carbocycles. The van der Waals surface area contributed by atoms with E-state index in [9.17, 15) is 9.59 Å². The Morgan fingerprint density at radius 2 is 1.67 bits per heavy atom. The first kappa shape index (κ1) is 19.9. The van der Waals surface area contributed by atoms with Crippen LogP contribution in [0.3, 0.4) is 0 Å². The average molecular weight is 300 g/mol. The Kier molecular flexibility index (Phi) is 12.0. The van der Waals surface area contributed by atoms with Crippen LogP contribution in [0.25, 0.3) is 0 Å². The van der Waals surface area contributed by atoms with Gasteiger partial charge in [-0.3, -0.25) is 9.59 Å². The van der Waals surface area contributed by atoms with Gasteiger partial charge in [0.1, 0.15) is 0 Å². The second kappa shape index (κ2) is 12.6. The molecule has 0 spiro atoms. The Balaban J connectivity index is 4.12. The third-order valence-corrected chi connectivity index (χ3v) is 3.80. The molecule has 0 saturated heterocycles. The first-order valence-corrected chi connectivity index (χ1v) is 8.28. The molecule has 1 unspecified atom stereocenters. The number of rotatable bonds is 14. The van der Waals surface area contributed by atoms with Gasteiger partial charge in [-0.05, 0) is 19.3 Å². The van der Waals surface area contributed by atoms with E-state index in [1.807, 2.05) is 6.92 Å². The van der Waals surface area contributed by atoms with Crippen molar-refractivity contribution in [3.63, 3.8) is 0 Å². The van der Waals surface area contributed by atoms with Crippen LogP contribution in [0.5, 0.6) is 0 Å². The molecule has 4 N–H and O–H groups in total. The van der Waals surface area contributed by atoms with Crippen molar-refractivity contribution >= 4 is 11.9 Å². The van der Waals surface area contributed by atoms with E-state index in [1.54, 1.807) is 0 Å². The van der Waals surface area contributed by atoms with Gasteiger partial charge in [-0.2, -0.15) is 0 Å². The zero-order valence-corrected chi connectivity index (χ0v) is 13.6. The number of carboxylic acid groups (broad SMARTS) is 1. The van der Waals surface area contributed by atoms with Crippen LogP contribution in [0, 0.1) is 0 Å². The van der Waals surface area contributed by atoms with E-state index in [4.69, 9.17) is 10.8 Å². The quantitative estimate of drug-likeness (QED) is 0.430. The number of carboxylic acids is 1. The van der Waals surface area contributed by atoms with Gasteiger partial charge in [-0.25, -0.2) is 0 Å². The van der Waals surface area contributed by atoms with Gasteiger partial charge in [-0.15, -0.1) is 0 Å². The molecular weight excluding hydrogens is 268 g/mol. The highest BCUT2D eigenvalue weighted by molar-refractivity contribution is 5.79. The average Bonchev–Trinajstić information content (AvgIpc) is 2.44. The monoisotopic (exact) mass is 300 g/mol. The summed E-state index contributed by atoms with van der Waals surface area (Å²) in [4.78, 5) is 22.0. The molecule has 0 aromatic carbocycles. The predicted octanol–water partition coefficient (Wildman–Crippen LogP) is 2.82. The summed E-state index contributed by atoms with van der Waals surface area (Å²) in [5.74, 6) is -1.15. The zero-order chi connectivity index (χ0) is 16.1. The lowest BCUT2D eigenvalue weighted by Gasteiger charge is -2.23. The lowest BCUT2D eigenvalue weighted by Crippen LogP contribution is -2.46. The van der Waals surface area contributed by atoms with Crippen LogP contribution < -0.4 is 11.1 Å². The molecule has 0 aliphatic heterocycles. The van der Waals surface area contributed by atoms with Crippen LogP contribution in [0.1, 0.15) is 78.1 Å². The maximum Gasteiger partial charge on any atom is 0.303 e. The minimum Gasteiger partial charge on any atom is -0.481 e. The number of nitrogens with two attached hydrogens (primary N) is 1. The van der Waals surface area contributed by atoms with Crippen molar-refractivity contribution in [1.29, 1.82) is 0 Å². The summed E-state index contributed by atoms with van der Waals surface area (Å²) in [7, 11) is 0. The fourth-order valence-corrected chi connectivity index (χ4v) is 2.47. The SMILES string of the molecule is CCCCCCCCC(CCC(=O)O)N[C@@H](CC)C(N)=O. The topological polar surface area (TPSA) is 92.4 Å². The molecule has 5 heteroatoms. The van der Waals surface area contributed by atoms with Crippen LogP contribution in [-0.2, 0) is 9.59 Å². The van der Waals surface area contributed by atoms with Gasteiger partial charge < -0.3 is 16.2 Å². The minimum absolute atomic E-state index is 0.0599. The van der Waals surface area contributed by atoms with Gasteiger partial charge in [0.05, 0.1) is 6.04 Å². The van der Waals surface area contributed by atoms with Crippen LogP contribution in [0.2, 0.25) is 0 Å². The molecule has 0 heterocycles. The standard InChI is InChI=1S/C16H32N2O3/c1-3-5-6-7-8-9-10-13(11-12-15(19)20)18-14(4-2)16(17)21/h13-14,18H,3-12H2,1-2H3,(H2,17,21)(H,19,20)/t13?,14-/m0/s1. The Labute approximate surface area is 128 Å². The molecule has 0 bridgehead atoms. The van der Waals surface area contributed by atoms with E-state index in [1.165, 1.54) is 32.1 Å². The number of hydrogen-bond donors (Lipinski definition) is 3. The highest BCUT2D eigenvalue weighted by Gasteiger charge is 2.18. The number of aliphatic carboxylic acids is 1. The fourth-order valence-electron chi connectivity index (χ4n) is 2.47. The van der Waals surface area contributed by atoms with Crippen LogP contribution in [0.15, 0.2) is 0 Å². The molecule has 0 fully saturated rings. The molecule has 0 rings (SSSR count). The lowest BCUT2D eigenvalue weighted by atomic mass is 10.0. The van der Waals surface area contributed by atoms with Gasteiger partial charge in [0.2, 0.25) is 5.91 Å². The van der Waals surface area contributed by atoms with E-state index in [-0.39, 0.29) is 24.4 Å². The first-order chi connectivity index (χ1) is 10.0. The molecule has 0 aromatic rings. The van der Waals surface area contributed by atoms with E-state index < -0.39 is 5.97 Å². The molecule has 0 aromatic heterocycles. The second-order valence-electron chi connectivity index (χ2n) is 5.72. The summed E-state index contributed by atoms with van der Waals surface area (Å²) in [6.07, 6.45) is 9.46. The van der Waals surface area contributed by atoms with Crippen molar-refractivity contribution in [3.05, 3.63) is 0 Å². The van der Waals surface area contributed by atoms with Crippen molar-refractivity contribution in [2.75, 3.05) is 0 Å². The fraction of sp³-hybridized carbons (Fsp3) is 0.875. The van der Waals surface area contributed by atoms with Crippen LogP contribution >= 0.6 is 0 Å². The first-order valence-electron chi connectivity index (χ1n) is 8.28. The maximum atomic E-state index is 11.3. The van der Waals surface area contributed by atoms with Crippen LogP contribution in [-0.4, -0.2) is 29.1 Å². The molecule has 21 heavy (non-hydrogen) atoms. The number of carbonyl (C=O) groups is 2. The van der Waals surface area contributed by atoms with Crippen molar-refractivity contribution in [3.8, 4) is 0 Å². The van der Waals surface area contributed by atoms with Gasteiger partial charge in [0, 0.05) is 12.5 Å². The van der Waals surface area contributed by atoms with E-state index in [2.05, 4.69) is 12.2 Å². The van der Waals surface area contributed by atoms with Gasteiger partial charge in [0.25, 0.3) is 0 Å².